The molecule has 1 fully saturated rings. The van der Waals surface area contributed by atoms with Crippen molar-refractivity contribution in [3.63, 3.8) is 0 Å². The Balaban J connectivity index is 1.51. The molecule has 0 atom stereocenters. The largest absolute Gasteiger partial charge is 0.345 e. The number of amides is 1. The summed E-state index contributed by atoms with van der Waals surface area (Å²) in [5.41, 5.74) is -0.0649. The Morgan fingerprint density at radius 3 is 2.58 bits per heavy atom. The smallest absolute Gasteiger partial charge is 0.251 e. The number of hydrogen-bond acceptors (Lipinski definition) is 5. The maximum atomic E-state index is 13.2. The van der Waals surface area contributed by atoms with Gasteiger partial charge in [0.1, 0.15) is 11.6 Å². The zero-order chi connectivity index (χ0) is 18.5. The minimum Gasteiger partial charge on any atom is -0.345 e. The van der Waals surface area contributed by atoms with Gasteiger partial charge in [-0.2, -0.15) is 0 Å². The molecule has 0 bridgehead atoms. The molecule has 0 saturated carbocycles. The summed E-state index contributed by atoms with van der Waals surface area (Å²) >= 11 is 1.63. The Labute approximate surface area is 155 Å². The molecule has 1 aromatic carbocycles. The lowest BCUT2D eigenvalue weighted by Gasteiger charge is -2.13. The molecule has 6 nitrogen and oxygen atoms in total. The normalized spacial score (nSPS) is 14.7. The Morgan fingerprint density at radius 2 is 1.88 bits per heavy atom. The monoisotopic (exact) mass is 381 g/mol. The van der Waals surface area contributed by atoms with Crippen LogP contribution in [-0.2, 0) is 13.6 Å². The van der Waals surface area contributed by atoms with Gasteiger partial charge in [-0.25, -0.2) is 8.78 Å². The summed E-state index contributed by atoms with van der Waals surface area (Å²) in [6.07, 6.45) is 2.54. The fourth-order valence-corrected chi connectivity index (χ4v) is 3.77. The molecule has 1 aliphatic heterocycles. The minimum absolute atomic E-state index is 0.0649. The molecule has 0 radical (unpaired) electrons. The lowest BCUT2D eigenvalue weighted by molar-refractivity contribution is 0.0948. The topological polar surface area (TPSA) is 63.1 Å². The molecule has 0 unspecified atom stereocenters. The first-order chi connectivity index (χ1) is 12.5. The van der Waals surface area contributed by atoms with Crippen LogP contribution >= 0.6 is 11.8 Å². The zero-order valence-electron chi connectivity index (χ0n) is 14.5. The molecule has 9 heteroatoms. The SMILES string of the molecule is Cn1c(CNC(=O)c2cc(F)cc(F)c2)nnc1SCCN1CCCC1. The van der Waals surface area contributed by atoms with Crippen molar-refractivity contribution in [3.8, 4) is 0 Å². The number of nitrogens with zero attached hydrogens (tertiary/aromatic N) is 4. The average molecular weight is 381 g/mol. The van der Waals surface area contributed by atoms with Gasteiger partial charge in [-0.05, 0) is 38.1 Å². The van der Waals surface area contributed by atoms with Crippen LogP contribution in [0.15, 0.2) is 23.4 Å². The second kappa shape index (κ2) is 8.59. The lowest BCUT2D eigenvalue weighted by Crippen LogP contribution is -2.24. The fraction of sp³-hybridized carbons (Fsp3) is 0.471. The number of thioether (sulfide) groups is 1. The summed E-state index contributed by atoms with van der Waals surface area (Å²) in [5.74, 6) is -0.620. The van der Waals surface area contributed by atoms with Gasteiger partial charge >= 0.3 is 0 Å². The summed E-state index contributed by atoms with van der Waals surface area (Å²) in [7, 11) is 1.83. The molecule has 2 aromatic rings. The molecule has 1 aliphatic rings. The van der Waals surface area contributed by atoms with E-state index in [1.54, 1.807) is 11.8 Å². The van der Waals surface area contributed by atoms with Crippen molar-refractivity contribution < 1.29 is 13.6 Å². The Kier molecular flexibility index (Phi) is 6.20. The number of hydrogen-bond donors (Lipinski definition) is 1. The van der Waals surface area contributed by atoms with E-state index in [-0.39, 0.29) is 12.1 Å². The number of rotatable bonds is 7. The summed E-state index contributed by atoms with van der Waals surface area (Å²) < 4.78 is 28.2. The first kappa shape index (κ1) is 18.8. The van der Waals surface area contributed by atoms with Gasteiger partial charge in [-0.15, -0.1) is 10.2 Å². The van der Waals surface area contributed by atoms with E-state index in [1.165, 1.54) is 12.8 Å². The molecule has 1 aromatic heterocycles. The Hall–Kier alpha value is -2.00. The first-order valence-electron chi connectivity index (χ1n) is 8.50. The van der Waals surface area contributed by atoms with Crippen LogP contribution in [0.5, 0.6) is 0 Å². The molecular weight excluding hydrogens is 360 g/mol. The van der Waals surface area contributed by atoms with Crippen molar-refractivity contribution in [2.45, 2.75) is 24.5 Å². The van der Waals surface area contributed by atoms with E-state index < -0.39 is 17.5 Å². The summed E-state index contributed by atoms with van der Waals surface area (Å²) in [4.78, 5) is 14.5. The molecule has 1 amide bonds. The minimum atomic E-state index is -0.787. The highest BCUT2D eigenvalue weighted by molar-refractivity contribution is 7.99. The van der Waals surface area contributed by atoms with E-state index >= 15 is 0 Å². The van der Waals surface area contributed by atoms with Crippen molar-refractivity contribution in [1.29, 1.82) is 0 Å². The standard InChI is InChI=1S/C17H21F2N5OS/c1-23-15(11-20-16(25)12-8-13(18)10-14(19)9-12)21-22-17(23)26-7-6-24-4-2-3-5-24/h8-10H,2-7,11H2,1H3,(H,20,25). The Morgan fingerprint density at radius 1 is 1.19 bits per heavy atom. The van der Waals surface area contributed by atoms with Crippen molar-refractivity contribution in [2.24, 2.45) is 7.05 Å². The molecule has 3 rings (SSSR count). The van der Waals surface area contributed by atoms with Crippen LogP contribution in [0.25, 0.3) is 0 Å². The molecule has 1 saturated heterocycles. The van der Waals surface area contributed by atoms with Crippen molar-refractivity contribution in [2.75, 3.05) is 25.4 Å². The van der Waals surface area contributed by atoms with E-state index in [0.717, 1.165) is 48.7 Å². The van der Waals surface area contributed by atoms with E-state index in [0.29, 0.717) is 5.82 Å². The molecule has 0 spiro atoms. The van der Waals surface area contributed by atoms with Crippen LogP contribution in [-0.4, -0.2) is 51.0 Å². The summed E-state index contributed by atoms with van der Waals surface area (Å²) in [6.45, 7) is 3.48. The van der Waals surface area contributed by atoms with Gasteiger partial charge < -0.3 is 14.8 Å². The highest BCUT2D eigenvalue weighted by atomic mass is 32.2. The maximum Gasteiger partial charge on any atom is 0.251 e. The molecule has 26 heavy (non-hydrogen) atoms. The van der Waals surface area contributed by atoms with Crippen LogP contribution in [0, 0.1) is 11.6 Å². The van der Waals surface area contributed by atoms with E-state index in [1.807, 2.05) is 11.6 Å². The molecule has 140 valence electrons. The van der Waals surface area contributed by atoms with Gasteiger partial charge in [-0.1, -0.05) is 11.8 Å². The fourth-order valence-electron chi connectivity index (χ4n) is 2.84. The number of benzene rings is 1. The van der Waals surface area contributed by atoms with Crippen molar-refractivity contribution >= 4 is 17.7 Å². The summed E-state index contributed by atoms with van der Waals surface area (Å²) in [5, 5.41) is 11.6. The third-order valence-electron chi connectivity index (χ3n) is 4.29. The number of likely N-dealkylation sites (tertiary alicyclic amines) is 1. The summed E-state index contributed by atoms with van der Waals surface area (Å²) in [6, 6.07) is 2.72. The molecular formula is C17H21F2N5OS. The highest BCUT2D eigenvalue weighted by Gasteiger charge is 2.14. The van der Waals surface area contributed by atoms with E-state index in [9.17, 15) is 13.6 Å². The number of aromatic nitrogens is 3. The van der Waals surface area contributed by atoms with Crippen LogP contribution in [0.4, 0.5) is 8.78 Å². The number of halogens is 2. The second-order valence-electron chi connectivity index (χ2n) is 6.20. The van der Waals surface area contributed by atoms with Crippen LogP contribution < -0.4 is 5.32 Å². The Bertz CT molecular complexity index is 756. The molecule has 0 aliphatic carbocycles. The van der Waals surface area contributed by atoms with E-state index in [4.69, 9.17) is 0 Å². The van der Waals surface area contributed by atoms with Gasteiger partial charge in [0.25, 0.3) is 5.91 Å². The van der Waals surface area contributed by atoms with Crippen molar-refractivity contribution in [3.05, 3.63) is 41.2 Å². The van der Waals surface area contributed by atoms with Crippen LogP contribution in [0.3, 0.4) is 0 Å². The van der Waals surface area contributed by atoms with Gasteiger partial charge in [0.2, 0.25) is 0 Å². The van der Waals surface area contributed by atoms with Crippen LogP contribution in [0.2, 0.25) is 0 Å². The van der Waals surface area contributed by atoms with Gasteiger partial charge in [0, 0.05) is 31.0 Å². The number of nitrogens with one attached hydrogen (secondary N) is 1. The molecule has 2 heterocycles. The first-order valence-corrected chi connectivity index (χ1v) is 9.49. The quantitative estimate of drug-likeness (QED) is 0.745. The second-order valence-corrected chi connectivity index (χ2v) is 7.26. The van der Waals surface area contributed by atoms with Crippen LogP contribution in [0.1, 0.15) is 29.0 Å². The number of carbonyl (C=O) groups excluding carboxylic acids is 1. The highest BCUT2D eigenvalue weighted by Crippen LogP contribution is 2.17. The van der Waals surface area contributed by atoms with Gasteiger partial charge in [0.05, 0.1) is 6.54 Å². The van der Waals surface area contributed by atoms with Crippen molar-refractivity contribution in [1.82, 2.24) is 25.0 Å². The number of carbonyl (C=O) groups is 1. The van der Waals surface area contributed by atoms with E-state index in [2.05, 4.69) is 20.4 Å². The molecule has 1 N–H and O–H groups in total. The predicted octanol–water partition coefficient (Wildman–Crippen LogP) is 2.21. The lowest BCUT2D eigenvalue weighted by atomic mass is 10.2. The van der Waals surface area contributed by atoms with Gasteiger partial charge in [0.15, 0.2) is 11.0 Å². The zero-order valence-corrected chi connectivity index (χ0v) is 15.4. The maximum absolute atomic E-state index is 13.2. The van der Waals surface area contributed by atoms with Gasteiger partial charge in [-0.3, -0.25) is 4.79 Å². The third kappa shape index (κ3) is 4.79. The third-order valence-corrected chi connectivity index (χ3v) is 5.29. The predicted molar refractivity (Wildman–Crippen MR) is 94.9 cm³/mol. The average Bonchev–Trinajstić information content (AvgIpc) is 3.23.